The van der Waals surface area contributed by atoms with Crippen LogP contribution in [0.2, 0.25) is 0 Å². The largest absolute Gasteiger partial charge is 0.392 e. The van der Waals surface area contributed by atoms with Crippen LogP contribution in [-0.2, 0) is 13.2 Å². The van der Waals surface area contributed by atoms with E-state index >= 15 is 0 Å². The van der Waals surface area contributed by atoms with Crippen molar-refractivity contribution in [3.8, 4) is 11.1 Å². The topological polar surface area (TPSA) is 59.3 Å². The average molecular weight is 462 g/mol. The third kappa shape index (κ3) is 3.74. The molecule has 1 aromatic heterocycles. The Bertz CT molecular complexity index is 1290. The Balaban J connectivity index is 2.05. The van der Waals surface area contributed by atoms with Gasteiger partial charge in [0.25, 0.3) is 5.56 Å². The Labute approximate surface area is 182 Å². The summed E-state index contributed by atoms with van der Waals surface area (Å²) in [5.41, 5.74) is 3.51. The third-order valence-electron chi connectivity index (χ3n) is 5.18. The molecule has 0 bridgehead atoms. The van der Waals surface area contributed by atoms with Crippen molar-refractivity contribution in [3.63, 3.8) is 0 Å². The van der Waals surface area contributed by atoms with Crippen LogP contribution in [0.3, 0.4) is 0 Å². The van der Waals surface area contributed by atoms with Crippen molar-refractivity contribution in [2.45, 2.75) is 20.1 Å². The Morgan fingerprint density at radius 3 is 2.23 bits per heavy atom. The summed E-state index contributed by atoms with van der Waals surface area (Å²) in [6, 6.07) is 22.6. The van der Waals surface area contributed by atoms with Crippen molar-refractivity contribution in [3.05, 3.63) is 104 Å². The molecule has 0 aliphatic heterocycles. The van der Waals surface area contributed by atoms with E-state index in [9.17, 15) is 14.7 Å². The first-order chi connectivity index (χ1) is 14.5. The van der Waals surface area contributed by atoms with Gasteiger partial charge in [-0.25, -0.2) is 0 Å². The fraction of sp³-hybridized carbons (Fsp3) is 0.120. The number of ketones is 1. The monoisotopic (exact) mass is 461 g/mol. The highest BCUT2D eigenvalue weighted by Gasteiger charge is 2.21. The van der Waals surface area contributed by atoms with Crippen LogP contribution >= 0.6 is 15.9 Å². The van der Waals surface area contributed by atoms with E-state index in [4.69, 9.17) is 0 Å². The lowest BCUT2D eigenvalue weighted by Crippen LogP contribution is -2.27. The molecule has 4 rings (SSSR count). The maximum atomic E-state index is 13.4. The van der Waals surface area contributed by atoms with Gasteiger partial charge in [-0.3, -0.25) is 14.2 Å². The molecule has 4 nitrogen and oxygen atoms in total. The predicted octanol–water partition coefficient (Wildman–Crippen LogP) is 5.17. The molecule has 0 spiro atoms. The number of pyridine rings is 1. The van der Waals surface area contributed by atoms with Crippen LogP contribution in [0.1, 0.15) is 28.5 Å². The Kier molecular flexibility index (Phi) is 5.66. The molecule has 0 saturated heterocycles. The number of benzene rings is 3. The maximum absolute atomic E-state index is 13.4. The molecule has 3 aromatic carbocycles. The number of carbonyl (C=O) groups excluding carboxylic acids is 1. The number of hydrogen-bond acceptors (Lipinski definition) is 3. The van der Waals surface area contributed by atoms with Gasteiger partial charge in [0.05, 0.1) is 18.8 Å². The molecule has 30 heavy (non-hydrogen) atoms. The van der Waals surface area contributed by atoms with E-state index < -0.39 is 0 Å². The smallest absolute Gasteiger partial charge is 0.259 e. The standard InChI is InChI=1S/C25H20BrNO3/c1-16(29)24-23(19-5-3-2-4-6-19)22-13-20(26)11-12-21(22)25(30)27(24)14-17-7-9-18(15-28)10-8-17/h2-13,28H,14-15H2,1H3. The van der Waals surface area contributed by atoms with E-state index in [1.807, 2.05) is 66.7 Å². The summed E-state index contributed by atoms with van der Waals surface area (Å²) in [5, 5.41) is 10.6. The maximum Gasteiger partial charge on any atom is 0.259 e. The molecule has 0 amide bonds. The van der Waals surface area contributed by atoms with Crippen LogP contribution in [0.25, 0.3) is 21.9 Å². The molecule has 0 atom stereocenters. The van der Waals surface area contributed by atoms with E-state index in [2.05, 4.69) is 15.9 Å². The number of Topliss-reactive ketones (excluding diaryl/α,β-unsaturated/α-hetero) is 1. The summed E-state index contributed by atoms with van der Waals surface area (Å²) in [7, 11) is 0. The average Bonchev–Trinajstić information content (AvgIpc) is 2.76. The van der Waals surface area contributed by atoms with Crippen molar-refractivity contribution in [2.24, 2.45) is 0 Å². The number of hydrogen-bond donors (Lipinski definition) is 1. The van der Waals surface area contributed by atoms with Crippen LogP contribution in [0.4, 0.5) is 0 Å². The van der Waals surface area contributed by atoms with Crippen LogP contribution in [0.15, 0.2) is 82.1 Å². The predicted molar refractivity (Wildman–Crippen MR) is 123 cm³/mol. The van der Waals surface area contributed by atoms with E-state index in [1.165, 1.54) is 6.92 Å². The molecule has 1 heterocycles. The lowest BCUT2D eigenvalue weighted by molar-refractivity contribution is 0.100. The molecule has 5 heteroatoms. The van der Waals surface area contributed by atoms with Gasteiger partial charge in [0.2, 0.25) is 0 Å². The number of halogens is 1. The van der Waals surface area contributed by atoms with E-state index in [-0.39, 0.29) is 24.5 Å². The lowest BCUT2D eigenvalue weighted by Gasteiger charge is -2.19. The number of aliphatic hydroxyl groups is 1. The molecule has 0 aliphatic rings. The van der Waals surface area contributed by atoms with Crippen molar-refractivity contribution in [1.82, 2.24) is 4.57 Å². The second-order valence-electron chi connectivity index (χ2n) is 7.20. The molecule has 4 aromatic rings. The third-order valence-corrected chi connectivity index (χ3v) is 5.67. The van der Waals surface area contributed by atoms with Crippen molar-refractivity contribution in [2.75, 3.05) is 0 Å². The number of nitrogens with zero attached hydrogens (tertiary/aromatic N) is 1. The Hall–Kier alpha value is -3.02. The minimum atomic E-state index is -0.200. The number of carbonyl (C=O) groups is 1. The molecule has 0 saturated carbocycles. The van der Waals surface area contributed by atoms with Crippen LogP contribution in [0.5, 0.6) is 0 Å². The lowest BCUT2D eigenvalue weighted by atomic mass is 9.95. The molecular formula is C25H20BrNO3. The van der Waals surface area contributed by atoms with Crippen LogP contribution in [-0.4, -0.2) is 15.5 Å². The minimum absolute atomic E-state index is 0.0398. The van der Waals surface area contributed by atoms with Gasteiger partial charge in [0.1, 0.15) is 0 Å². The second kappa shape index (κ2) is 8.38. The molecular weight excluding hydrogens is 442 g/mol. The molecule has 1 N–H and O–H groups in total. The number of aromatic nitrogens is 1. The van der Waals surface area contributed by atoms with Gasteiger partial charge in [0.15, 0.2) is 5.78 Å². The molecule has 0 aliphatic carbocycles. The van der Waals surface area contributed by atoms with Crippen LogP contribution < -0.4 is 5.56 Å². The zero-order valence-corrected chi connectivity index (χ0v) is 18.0. The van der Waals surface area contributed by atoms with Gasteiger partial charge in [-0.2, -0.15) is 0 Å². The molecule has 0 fully saturated rings. The normalized spacial score (nSPS) is 11.0. The SMILES string of the molecule is CC(=O)c1c(-c2ccccc2)c2cc(Br)ccc2c(=O)n1Cc1ccc(CO)cc1. The fourth-order valence-electron chi connectivity index (χ4n) is 3.77. The zero-order valence-electron chi connectivity index (χ0n) is 16.4. The fourth-order valence-corrected chi connectivity index (χ4v) is 4.13. The van der Waals surface area contributed by atoms with Gasteiger partial charge in [0, 0.05) is 22.3 Å². The van der Waals surface area contributed by atoms with Gasteiger partial charge < -0.3 is 5.11 Å². The minimum Gasteiger partial charge on any atom is -0.392 e. The first kappa shape index (κ1) is 20.3. The van der Waals surface area contributed by atoms with E-state index in [0.717, 1.165) is 32.1 Å². The Morgan fingerprint density at radius 1 is 0.933 bits per heavy atom. The summed E-state index contributed by atoms with van der Waals surface area (Å²) in [4.78, 5) is 26.3. The van der Waals surface area contributed by atoms with Gasteiger partial charge >= 0.3 is 0 Å². The number of fused-ring (bicyclic) bond motifs is 1. The van der Waals surface area contributed by atoms with Crippen molar-refractivity contribution >= 4 is 32.5 Å². The highest BCUT2D eigenvalue weighted by atomic mass is 79.9. The first-order valence-electron chi connectivity index (χ1n) is 9.60. The summed E-state index contributed by atoms with van der Waals surface area (Å²) in [6.45, 7) is 1.73. The summed E-state index contributed by atoms with van der Waals surface area (Å²) in [6.07, 6.45) is 0. The molecule has 0 radical (unpaired) electrons. The zero-order chi connectivity index (χ0) is 21.3. The molecule has 0 unspecified atom stereocenters. The highest BCUT2D eigenvalue weighted by molar-refractivity contribution is 9.10. The van der Waals surface area contributed by atoms with Crippen molar-refractivity contribution < 1.29 is 9.90 Å². The van der Waals surface area contributed by atoms with E-state index in [1.54, 1.807) is 10.6 Å². The summed E-state index contributed by atoms with van der Waals surface area (Å²) >= 11 is 3.50. The van der Waals surface area contributed by atoms with Gasteiger partial charge in [-0.1, -0.05) is 70.5 Å². The van der Waals surface area contributed by atoms with Gasteiger partial charge in [-0.05, 0) is 40.3 Å². The summed E-state index contributed by atoms with van der Waals surface area (Å²) < 4.78 is 2.41. The van der Waals surface area contributed by atoms with Gasteiger partial charge in [-0.15, -0.1) is 0 Å². The first-order valence-corrected chi connectivity index (χ1v) is 10.4. The Morgan fingerprint density at radius 2 is 1.60 bits per heavy atom. The quantitative estimate of drug-likeness (QED) is 0.416. The molecule has 150 valence electrons. The van der Waals surface area contributed by atoms with Crippen molar-refractivity contribution in [1.29, 1.82) is 0 Å². The second-order valence-corrected chi connectivity index (χ2v) is 8.12. The number of aliphatic hydroxyl groups excluding tert-OH is 1. The van der Waals surface area contributed by atoms with E-state index in [0.29, 0.717) is 11.1 Å². The number of rotatable bonds is 5. The highest BCUT2D eigenvalue weighted by Crippen LogP contribution is 2.33. The summed E-state index contributed by atoms with van der Waals surface area (Å²) in [5.74, 6) is -0.167. The van der Waals surface area contributed by atoms with Crippen LogP contribution in [0, 0.1) is 0 Å².